The van der Waals surface area contributed by atoms with Crippen LogP contribution in [0.4, 0.5) is 17.1 Å². The number of fused-ring (bicyclic) bond motifs is 4. The third kappa shape index (κ3) is 6.71. The molecule has 0 N–H and O–H groups in total. The fraction of sp³-hybridized carbons (Fsp3) is 0.203. The Morgan fingerprint density at radius 3 is 1.73 bits per heavy atom. The predicted molar refractivity (Wildman–Crippen MR) is 266 cm³/mol. The summed E-state index contributed by atoms with van der Waals surface area (Å²) >= 11 is 0. The number of rotatable bonds is 9. The van der Waals surface area contributed by atoms with Crippen molar-refractivity contribution in [2.75, 3.05) is 16.5 Å². The molecule has 10 rings (SSSR count). The molecular weight excluding hydrogens is 765 g/mol. The van der Waals surface area contributed by atoms with Crippen LogP contribution in [0.1, 0.15) is 93.7 Å². The summed E-state index contributed by atoms with van der Waals surface area (Å²) in [5, 5.41) is 2.41. The van der Waals surface area contributed by atoms with E-state index in [-0.39, 0.29) is 5.54 Å². The molecule has 1 aliphatic rings. The topological polar surface area (TPSA) is 24.3 Å². The largest absolute Gasteiger partial charge is 0.347 e. The minimum atomic E-state index is -0.672. The van der Waals surface area contributed by atoms with Crippen LogP contribution in [0.5, 0.6) is 0 Å². The molecule has 0 radical (unpaired) electrons. The predicted octanol–water partition coefficient (Wildman–Crippen LogP) is 15.2. The third-order valence-corrected chi connectivity index (χ3v) is 13.3. The molecule has 7 aromatic carbocycles. The van der Waals surface area contributed by atoms with Crippen molar-refractivity contribution in [2.24, 2.45) is 0 Å². The fourth-order valence-electron chi connectivity index (χ4n) is 10.3. The minimum absolute atomic E-state index is 0.0446. The van der Waals surface area contributed by atoms with Gasteiger partial charge in [-0.15, -0.1) is 0 Å². The van der Waals surface area contributed by atoms with Gasteiger partial charge in [0.15, 0.2) is 0 Å². The molecule has 4 heteroatoms. The number of aromatic nitrogens is 2. The quantitative estimate of drug-likeness (QED) is 0.136. The second kappa shape index (κ2) is 15.8. The van der Waals surface area contributed by atoms with E-state index in [9.17, 15) is 0 Å². The lowest BCUT2D eigenvalue weighted by atomic mass is 9.65. The average molecular weight is 821 g/mol. The Labute approximate surface area is 373 Å². The van der Waals surface area contributed by atoms with Gasteiger partial charge in [0.05, 0.1) is 34.5 Å². The summed E-state index contributed by atoms with van der Waals surface area (Å²) in [5.41, 5.74) is 15.3. The summed E-state index contributed by atoms with van der Waals surface area (Å²) in [7, 11) is 0. The zero-order chi connectivity index (χ0) is 43.5. The van der Waals surface area contributed by atoms with Gasteiger partial charge in [-0.05, 0) is 126 Å². The smallest absolute Gasteiger partial charge is 0.138 e. The Balaban J connectivity index is 1.23. The number of hydrogen-bond donors (Lipinski definition) is 0. The van der Waals surface area contributed by atoms with E-state index >= 15 is 0 Å². The van der Waals surface area contributed by atoms with Crippen molar-refractivity contribution < 1.29 is 0 Å². The standard InChI is InChI=1S/C59H56N4/c1-40(2)48-27-19-28-49(41(3)4)57(48)42-34-35-60-56(36-42)63-52-29-15-14-26-50(52)51-33-32-46(38-55(51)63)59(43-20-10-8-11-21-43,44-22-12-9-13-23-44)45-24-18-25-47(37-45)61-39-62(58(5,6)7)54-31-17-16-30-53(54)61/h8-38,40-41H,39H2,1-7H3. The number of para-hydroxylation sites is 3. The minimum Gasteiger partial charge on any atom is -0.347 e. The summed E-state index contributed by atoms with van der Waals surface area (Å²) in [4.78, 5) is 10.2. The number of anilines is 3. The van der Waals surface area contributed by atoms with E-state index < -0.39 is 5.41 Å². The van der Waals surface area contributed by atoms with Gasteiger partial charge in [0.2, 0.25) is 0 Å². The monoisotopic (exact) mass is 820 g/mol. The molecule has 0 aliphatic carbocycles. The Hall–Kier alpha value is -6.91. The van der Waals surface area contributed by atoms with Gasteiger partial charge in [0.25, 0.3) is 0 Å². The lowest BCUT2D eigenvalue weighted by Gasteiger charge is -2.38. The molecule has 0 saturated heterocycles. The van der Waals surface area contributed by atoms with E-state index in [1.54, 1.807) is 0 Å². The summed E-state index contributed by atoms with van der Waals surface area (Å²) in [6.07, 6.45) is 2.00. The Bertz CT molecular complexity index is 3030. The van der Waals surface area contributed by atoms with E-state index in [4.69, 9.17) is 4.98 Å². The molecule has 3 heterocycles. The lowest BCUT2D eigenvalue weighted by molar-refractivity contribution is 0.518. The number of pyridine rings is 1. The maximum absolute atomic E-state index is 5.17. The SMILES string of the molecule is CC(C)c1cccc(C(C)C)c1-c1ccnc(-n2c3ccccc3c3ccc(C(c4ccccc4)(c4ccccc4)c4cccc(N5CN(C(C)(C)C)c6ccccc65)c4)cc32)c1. The molecule has 1 aliphatic heterocycles. The normalized spacial score (nSPS) is 13.2. The average Bonchev–Trinajstić information content (AvgIpc) is 3.87. The maximum Gasteiger partial charge on any atom is 0.138 e. The molecule has 4 nitrogen and oxygen atoms in total. The van der Waals surface area contributed by atoms with Crippen LogP contribution in [0, 0.1) is 0 Å². The first-order valence-electron chi connectivity index (χ1n) is 22.5. The highest BCUT2D eigenvalue weighted by molar-refractivity contribution is 6.09. The summed E-state index contributed by atoms with van der Waals surface area (Å²) in [6.45, 7) is 16.9. The Morgan fingerprint density at radius 1 is 0.492 bits per heavy atom. The first-order valence-corrected chi connectivity index (χ1v) is 22.5. The second-order valence-corrected chi connectivity index (χ2v) is 18.8. The summed E-state index contributed by atoms with van der Waals surface area (Å²) in [6, 6.07) is 67.6. The first-order chi connectivity index (χ1) is 30.6. The summed E-state index contributed by atoms with van der Waals surface area (Å²) < 4.78 is 2.39. The van der Waals surface area contributed by atoms with Crippen LogP contribution in [-0.2, 0) is 5.41 Å². The van der Waals surface area contributed by atoms with Crippen molar-refractivity contribution in [3.63, 3.8) is 0 Å². The van der Waals surface area contributed by atoms with Crippen LogP contribution in [-0.4, -0.2) is 21.8 Å². The second-order valence-electron chi connectivity index (χ2n) is 18.8. The molecule has 0 unspecified atom stereocenters. The van der Waals surface area contributed by atoms with E-state index in [2.05, 4.69) is 245 Å². The number of hydrogen-bond acceptors (Lipinski definition) is 3. The molecule has 0 saturated carbocycles. The van der Waals surface area contributed by atoms with E-state index in [1.807, 2.05) is 6.20 Å². The highest BCUT2D eigenvalue weighted by atomic mass is 15.4. The van der Waals surface area contributed by atoms with Gasteiger partial charge in [-0.2, -0.15) is 0 Å². The molecule has 2 aromatic heterocycles. The van der Waals surface area contributed by atoms with Crippen LogP contribution in [0.3, 0.4) is 0 Å². The molecule has 9 aromatic rings. The molecule has 0 spiro atoms. The van der Waals surface area contributed by atoms with Gasteiger partial charge in [-0.25, -0.2) is 4.98 Å². The molecule has 312 valence electrons. The number of benzene rings is 7. The van der Waals surface area contributed by atoms with Crippen molar-refractivity contribution in [1.82, 2.24) is 9.55 Å². The highest BCUT2D eigenvalue weighted by Gasteiger charge is 2.40. The molecule has 0 bridgehead atoms. The van der Waals surface area contributed by atoms with E-state index in [0.717, 1.165) is 23.5 Å². The van der Waals surface area contributed by atoms with Crippen LogP contribution in [0.2, 0.25) is 0 Å². The molecule has 0 fully saturated rings. The van der Waals surface area contributed by atoms with Gasteiger partial charge >= 0.3 is 0 Å². The zero-order valence-corrected chi connectivity index (χ0v) is 37.5. The van der Waals surface area contributed by atoms with Gasteiger partial charge in [-0.1, -0.05) is 161 Å². The number of nitrogens with zero attached hydrogens (tertiary/aromatic N) is 4. The van der Waals surface area contributed by atoms with Crippen molar-refractivity contribution in [3.05, 3.63) is 222 Å². The van der Waals surface area contributed by atoms with E-state index in [0.29, 0.717) is 11.8 Å². The van der Waals surface area contributed by atoms with Crippen LogP contribution in [0.25, 0.3) is 38.8 Å². The maximum atomic E-state index is 5.17. The van der Waals surface area contributed by atoms with E-state index in [1.165, 1.54) is 72.3 Å². The van der Waals surface area contributed by atoms with Crippen molar-refractivity contribution >= 4 is 38.9 Å². The molecule has 0 amide bonds. The van der Waals surface area contributed by atoms with Crippen LogP contribution < -0.4 is 9.80 Å². The van der Waals surface area contributed by atoms with Gasteiger partial charge in [0, 0.05) is 28.2 Å². The van der Waals surface area contributed by atoms with Gasteiger partial charge in [0.1, 0.15) is 5.82 Å². The van der Waals surface area contributed by atoms with Crippen molar-refractivity contribution in [1.29, 1.82) is 0 Å². The van der Waals surface area contributed by atoms with Crippen LogP contribution in [0.15, 0.2) is 188 Å². The van der Waals surface area contributed by atoms with Gasteiger partial charge in [-0.3, -0.25) is 4.57 Å². The zero-order valence-electron chi connectivity index (χ0n) is 37.5. The van der Waals surface area contributed by atoms with Crippen molar-refractivity contribution in [2.45, 2.75) is 71.3 Å². The Morgan fingerprint density at radius 2 is 1.06 bits per heavy atom. The molecule has 63 heavy (non-hydrogen) atoms. The van der Waals surface area contributed by atoms with Crippen LogP contribution >= 0.6 is 0 Å². The first kappa shape index (κ1) is 40.2. The molecule has 0 atom stereocenters. The Kier molecular flexibility index (Phi) is 10.1. The summed E-state index contributed by atoms with van der Waals surface area (Å²) in [5.74, 6) is 1.67. The third-order valence-electron chi connectivity index (χ3n) is 13.3. The molecular formula is C59H56N4. The lowest BCUT2D eigenvalue weighted by Crippen LogP contribution is -2.42. The van der Waals surface area contributed by atoms with Gasteiger partial charge < -0.3 is 9.80 Å². The fourth-order valence-corrected chi connectivity index (χ4v) is 10.3. The van der Waals surface area contributed by atoms with Crippen molar-refractivity contribution in [3.8, 4) is 16.9 Å². The highest BCUT2D eigenvalue weighted by Crippen LogP contribution is 2.50.